The zero-order valence-electron chi connectivity index (χ0n) is 11.9. The van der Waals surface area contributed by atoms with E-state index in [-0.39, 0.29) is 0 Å². The molecule has 0 N–H and O–H groups in total. The molecule has 0 fully saturated rings. The first kappa shape index (κ1) is 15.7. The third-order valence-corrected chi connectivity index (χ3v) is 3.20. The maximum Gasteiger partial charge on any atom is -0.0320 e. The van der Waals surface area contributed by atoms with Gasteiger partial charge in [0, 0.05) is 0 Å². The SMILES string of the molecule is CCC=C(CCCC)CCCCCCCC. The van der Waals surface area contributed by atoms with E-state index in [2.05, 4.69) is 26.8 Å². The Kier molecular flexibility index (Phi) is 12.6. The highest BCUT2D eigenvalue weighted by Gasteiger charge is 1.97. The van der Waals surface area contributed by atoms with Gasteiger partial charge < -0.3 is 0 Å². The number of unbranched alkanes of at least 4 members (excludes halogenated alkanes) is 6. The molecule has 0 aromatic carbocycles. The summed E-state index contributed by atoms with van der Waals surface area (Å²) in [5.41, 5.74) is 1.72. The van der Waals surface area contributed by atoms with Crippen LogP contribution in [-0.2, 0) is 0 Å². The summed E-state index contributed by atoms with van der Waals surface area (Å²) in [7, 11) is 0. The Labute approximate surface area is 104 Å². The van der Waals surface area contributed by atoms with Crippen LogP contribution in [0.5, 0.6) is 0 Å². The molecule has 0 atom stereocenters. The fourth-order valence-electron chi connectivity index (χ4n) is 2.15. The Morgan fingerprint density at radius 1 is 0.688 bits per heavy atom. The van der Waals surface area contributed by atoms with Crippen LogP contribution in [0.2, 0.25) is 0 Å². The molecule has 0 aliphatic rings. The maximum atomic E-state index is 2.46. The molecule has 0 heterocycles. The standard InChI is InChI=1S/C16H32/c1-4-7-9-10-11-12-15-16(13-6-3)14-8-5-2/h13H,4-12,14-15H2,1-3H3. The lowest BCUT2D eigenvalue weighted by atomic mass is 10.00. The van der Waals surface area contributed by atoms with Crippen LogP contribution in [0.4, 0.5) is 0 Å². The Balaban J connectivity index is 3.48. The van der Waals surface area contributed by atoms with E-state index in [0.29, 0.717) is 0 Å². The Morgan fingerprint density at radius 3 is 1.88 bits per heavy atom. The van der Waals surface area contributed by atoms with Crippen LogP contribution in [-0.4, -0.2) is 0 Å². The summed E-state index contributed by atoms with van der Waals surface area (Å²) >= 11 is 0. The van der Waals surface area contributed by atoms with Crippen molar-refractivity contribution in [3.63, 3.8) is 0 Å². The normalized spacial score (nSPS) is 12.1. The molecule has 96 valence electrons. The van der Waals surface area contributed by atoms with Crippen LogP contribution in [0.3, 0.4) is 0 Å². The fraction of sp³-hybridized carbons (Fsp3) is 0.875. The third-order valence-electron chi connectivity index (χ3n) is 3.20. The molecule has 0 bridgehead atoms. The van der Waals surface area contributed by atoms with E-state index >= 15 is 0 Å². The first-order valence-electron chi connectivity index (χ1n) is 7.53. The minimum absolute atomic E-state index is 1.22. The highest BCUT2D eigenvalue weighted by Crippen LogP contribution is 2.17. The summed E-state index contributed by atoms with van der Waals surface area (Å²) in [6.07, 6.45) is 17.6. The van der Waals surface area contributed by atoms with Gasteiger partial charge in [-0.2, -0.15) is 0 Å². The smallest absolute Gasteiger partial charge is 0.0320 e. The Morgan fingerprint density at radius 2 is 1.25 bits per heavy atom. The van der Waals surface area contributed by atoms with E-state index in [4.69, 9.17) is 0 Å². The molecule has 0 heteroatoms. The molecule has 0 saturated heterocycles. The van der Waals surface area contributed by atoms with Crippen molar-refractivity contribution in [2.24, 2.45) is 0 Å². The van der Waals surface area contributed by atoms with Gasteiger partial charge in [0.1, 0.15) is 0 Å². The van der Waals surface area contributed by atoms with Crippen molar-refractivity contribution in [2.75, 3.05) is 0 Å². The monoisotopic (exact) mass is 224 g/mol. The van der Waals surface area contributed by atoms with E-state index in [9.17, 15) is 0 Å². The predicted octanol–water partition coefficient (Wildman–Crippen LogP) is 6.26. The van der Waals surface area contributed by atoms with Crippen LogP contribution in [0, 0.1) is 0 Å². The first-order chi connectivity index (χ1) is 7.85. The number of hydrogen-bond donors (Lipinski definition) is 0. The third kappa shape index (κ3) is 10.3. The zero-order valence-corrected chi connectivity index (χ0v) is 11.9. The summed E-state index contributed by atoms with van der Waals surface area (Å²) in [6, 6.07) is 0. The van der Waals surface area contributed by atoms with E-state index < -0.39 is 0 Å². The molecule has 0 aliphatic carbocycles. The largest absolute Gasteiger partial charge is 0.0856 e. The van der Waals surface area contributed by atoms with Gasteiger partial charge in [-0.25, -0.2) is 0 Å². The van der Waals surface area contributed by atoms with Crippen LogP contribution >= 0.6 is 0 Å². The van der Waals surface area contributed by atoms with Crippen LogP contribution in [0.15, 0.2) is 11.6 Å². The van der Waals surface area contributed by atoms with Crippen molar-refractivity contribution < 1.29 is 0 Å². The second-order valence-electron chi connectivity index (χ2n) is 4.89. The van der Waals surface area contributed by atoms with Crippen molar-refractivity contribution in [2.45, 2.75) is 91.4 Å². The highest BCUT2D eigenvalue weighted by atomic mass is 14.0. The van der Waals surface area contributed by atoms with Crippen molar-refractivity contribution >= 4 is 0 Å². The minimum Gasteiger partial charge on any atom is -0.0856 e. The molecular weight excluding hydrogens is 192 g/mol. The molecule has 0 aromatic rings. The van der Waals surface area contributed by atoms with Gasteiger partial charge in [-0.1, -0.05) is 70.9 Å². The predicted molar refractivity (Wildman–Crippen MR) is 75.9 cm³/mol. The van der Waals surface area contributed by atoms with Gasteiger partial charge >= 0.3 is 0 Å². The summed E-state index contributed by atoms with van der Waals surface area (Å²) in [6.45, 7) is 6.83. The molecule has 0 saturated carbocycles. The van der Waals surface area contributed by atoms with Gasteiger partial charge in [-0.05, 0) is 32.1 Å². The second-order valence-corrected chi connectivity index (χ2v) is 4.89. The Hall–Kier alpha value is -0.260. The molecule has 16 heavy (non-hydrogen) atoms. The van der Waals surface area contributed by atoms with E-state index in [1.165, 1.54) is 70.6 Å². The lowest BCUT2D eigenvalue weighted by molar-refractivity contribution is 0.598. The van der Waals surface area contributed by atoms with Gasteiger partial charge in [0.25, 0.3) is 0 Å². The number of hydrogen-bond acceptors (Lipinski definition) is 0. The van der Waals surface area contributed by atoms with Crippen molar-refractivity contribution in [1.82, 2.24) is 0 Å². The molecule has 0 rings (SSSR count). The van der Waals surface area contributed by atoms with Gasteiger partial charge in [0.05, 0.1) is 0 Å². The van der Waals surface area contributed by atoms with Gasteiger partial charge in [0.2, 0.25) is 0 Å². The van der Waals surface area contributed by atoms with Gasteiger partial charge in [-0.15, -0.1) is 0 Å². The molecule has 0 spiro atoms. The molecule has 0 amide bonds. The summed E-state index contributed by atoms with van der Waals surface area (Å²) < 4.78 is 0. The van der Waals surface area contributed by atoms with E-state index in [0.717, 1.165) is 0 Å². The molecule has 0 aromatic heterocycles. The quantitative estimate of drug-likeness (QED) is 0.287. The van der Waals surface area contributed by atoms with Gasteiger partial charge in [-0.3, -0.25) is 0 Å². The number of allylic oxidation sites excluding steroid dienone is 2. The van der Waals surface area contributed by atoms with Crippen molar-refractivity contribution in [1.29, 1.82) is 0 Å². The van der Waals surface area contributed by atoms with Crippen LogP contribution in [0.25, 0.3) is 0 Å². The molecule has 0 radical (unpaired) electrons. The number of rotatable bonds is 11. The molecule has 0 nitrogen and oxygen atoms in total. The zero-order chi connectivity index (χ0) is 12.1. The lowest BCUT2D eigenvalue weighted by Crippen LogP contribution is -1.86. The second kappa shape index (κ2) is 12.8. The molecule has 0 aliphatic heterocycles. The Bertz CT molecular complexity index is 155. The van der Waals surface area contributed by atoms with Crippen LogP contribution in [0.1, 0.15) is 91.4 Å². The average molecular weight is 224 g/mol. The van der Waals surface area contributed by atoms with Gasteiger partial charge in [0.15, 0.2) is 0 Å². The first-order valence-corrected chi connectivity index (χ1v) is 7.53. The maximum absolute atomic E-state index is 2.46. The van der Waals surface area contributed by atoms with Crippen LogP contribution < -0.4 is 0 Å². The van der Waals surface area contributed by atoms with Crippen molar-refractivity contribution in [3.05, 3.63) is 11.6 Å². The average Bonchev–Trinajstić information content (AvgIpc) is 2.30. The van der Waals surface area contributed by atoms with Crippen molar-refractivity contribution in [3.8, 4) is 0 Å². The highest BCUT2D eigenvalue weighted by molar-refractivity contribution is 5.01. The molecular formula is C16H32. The summed E-state index contributed by atoms with van der Waals surface area (Å²) in [5, 5.41) is 0. The van der Waals surface area contributed by atoms with E-state index in [1.54, 1.807) is 5.57 Å². The van der Waals surface area contributed by atoms with E-state index in [1.807, 2.05) is 0 Å². The minimum atomic E-state index is 1.22. The summed E-state index contributed by atoms with van der Waals surface area (Å²) in [4.78, 5) is 0. The fourth-order valence-corrected chi connectivity index (χ4v) is 2.15. The molecule has 0 unspecified atom stereocenters. The summed E-state index contributed by atoms with van der Waals surface area (Å²) in [5.74, 6) is 0. The lowest BCUT2D eigenvalue weighted by Gasteiger charge is -2.06. The topological polar surface area (TPSA) is 0 Å².